The summed E-state index contributed by atoms with van der Waals surface area (Å²) in [5.41, 5.74) is -0.527. The van der Waals surface area contributed by atoms with E-state index in [1.807, 2.05) is 0 Å². The molecule has 16 heavy (non-hydrogen) atoms. The fourth-order valence-corrected chi connectivity index (χ4v) is 2.24. The molecule has 1 unspecified atom stereocenters. The van der Waals surface area contributed by atoms with Crippen molar-refractivity contribution in [2.24, 2.45) is 0 Å². The van der Waals surface area contributed by atoms with Gasteiger partial charge in [-0.05, 0) is 24.6 Å². The Morgan fingerprint density at radius 2 is 2.12 bits per heavy atom. The van der Waals surface area contributed by atoms with Gasteiger partial charge in [0, 0.05) is 11.4 Å². The van der Waals surface area contributed by atoms with Gasteiger partial charge < -0.3 is 0 Å². The van der Waals surface area contributed by atoms with Gasteiger partial charge in [-0.15, -0.1) is 0 Å². The van der Waals surface area contributed by atoms with E-state index in [0.29, 0.717) is 5.56 Å². The van der Waals surface area contributed by atoms with Gasteiger partial charge in [-0.1, -0.05) is 17.7 Å². The molecule has 5 heteroatoms. The zero-order valence-electron chi connectivity index (χ0n) is 8.51. The normalized spacial score (nSPS) is 24.7. The van der Waals surface area contributed by atoms with Crippen LogP contribution in [0.15, 0.2) is 18.2 Å². The van der Waals surface area contributed by atoms with E-state index in [4.69, 9.17) is 11.6 Å². The van der Waals surface area contributed by atoms with Gasteiger partial charge in [0.05, 0.1) is 5.41 Å². The summed E-state index contributed by atoms with van der Waals surface area (Å²) in [5, 5.41) is 2.38. The van der Waals surface area contributed by atoms with Gasteiger partial charge in [-0.2, -0.15) is 0 Å². The summed E-state index contributed by atoms with van der Waals surface area (Å²) < 4.78 is 12.9. The van der Waals surface area contributed by atoms with Crippen molar-refractivity contribution in [1.82, 2.24) is 5.32 Å². The molecule has 0 radical (unpaired) electrons. The van der Waals surface area contributed by atoms with Gasteiger partial charge in [0.15, 0.2) is 0 Å². The predicted molar refractivity (Wildman–Crippen MR) is 56.5 cm³/mol. The van der Waals surface area contributed by atoms with Crippen LogP contribution in [0.3, 0.4) is 0 Å². The van der Waals surface area contributed by atoms with Gasteiger partial charge in [-0.3, -0.25) is 14.9 Å². The molecule has 84 valence electrons. The Balaban J connectivity index is 2.51. The molecular weight excluding hydrogens is 233 g/mol. The molecule has 0 aliphatic carbocycles. The zero-order valence-corrected chi connectivity index (χ0v) is 9.27. The Morgan fingerprint density at radius 1 is 1.44 bits per heavy atom. The highest BCUT2D eigenvalue weighted by Crippen LogP contribution is 2.36. The molecule has 0 spiro atoms. The van der Waals surface area contributed by atoms with Gasteiger partial charge in [0.2, 0.25) is 11.8 Å². The molecule has 1 N–H and O–H groups in total. The summed E-state index contributed by atoms with van der Waals surface area (Å²) in [5.74, 6) is -1.21. The van der Waals surface area contributed by atoms with Crippen LogP contribution in [-0.4, -0.2) is 11.8 Å². The monoisotopic (exact) mass is 241 g/mol. The minimum Gasteiger partial charge on any atom is -0.296 e. The molecular formula is C11H9ClFNO2. The third-order valence-corrected chi connectivity index (χ3v) is 3.11. The predicted octanol–water partition coefficient (Wildman–Crippen LogP) is 1.78. The van der Waals surface area contributed by atoms with Crippen LogP contribution in [0.1, 0.15) is 18.9 Å². The second-order valence-corrected chi connectivity index (χ2v) is 4.42. The van der Waals surface area contributed by atoms with Crippen molar-refractivity contribution in [3.63, 3.8) is 0 Å². The Hall–Kier alpha value is -1.42. The van der Waals surface area contributed by atoms with Crippen LogP contribution >= 0.6 is 11.6 Å². The van der Waals surface area contributed by atoms with E-state index >= 15 is 0 Å². The molecule has 1 fully saturated rings. The van der Waals surface area contributed by atoms with Crippen LogP contribution in [0.25, 0.3) is 0 Å². The number of carbonyl (C=O) groups excluding carboxylic acids is 2. The Morgan fingerprint density at radius 3 is 2.62 bits per heavy atom. The molecule has 1 aromatic rings. The largest absolute Gasteiger partial charge is 0.296 e. The number of carbonyl (C=O) groups is 2. The van der Waals surface area contributed by atoms with Gasteiger partial charge in [-0.25, -0.2) is 4.39 Å². The number of benzene rings is 1. The van der Waals surface area contributed by atoms with E-state index in [9.17, 15) is 14.0 Å². The maximum atomic E-state index is 12.9. The second-order valence-electron chi connectivity index (χ2n) is 4.01. The molecule has 2 amide bonds. The minimum atomic E-state index is -0.998. The molecule has 1 aliphatic heterocycles. The van der Waals surface area contributed by atoms with Crippen LogP contribution < -0.4 is 5.32 Å². The highest BCUT2D eigenvalue weighted by molar-refractivity contribution is 6.32. The number of hydrogen-bond acceptors (Lipinski definition) is 2. The first-order valence-corrected chi connectivity index (χ1v) is 5.11. The standard InChI is InChI=1S/C11H9ClFNO2/c1-11(5-9(15)14-10(11)16)7-3-2-6(13)4-8(7)12/h2-4H,5H2,1H3,(H,14,15,16). The molecule has 1 heterocycles. The van der Waals surface area contributed by atoms with Crippen molar-refractivity contribution in [2.45, 2.75) is 18.8 Å². The van der Waals surface area contributed by atoms with E-state index in [0.717, 1.165) is 6.07 Å². The van der Waals surface area contributed by atoms with Crippen molar-refractivity contribution < 1.29 is 14.0 Å². The number of imide groups is 1. The van der Waals surface area contributed by atoms with E-state index in [-0.39, 0.29) is 17.4 Å². The highest BCUT2D eigenvalue weighted by Gasteiger charge is 2.45. The molecule has 1 saturated heterocycles. The van der Waals surface area contributed by atoms with Gasteiger partial charge >= 0.3 is 0 Å². The lowest BCUT2D eigenvalue weighted by Crippen LogP contribution is -2.32. The molecule has 1 aliphatic rings. The van der Waals surface area contributed by atoms with Crippen molar-refractivity contribution in [2.75, 3.05) is 0 Å². The summed E-state index contributed by atoms with van der Waals surface area (Å²) >= 11 is 5.88. The first-order valence-electron chi connectivity index (χ1n) is 4.73. The average Bonchev–Trinajstić information content (AvgIpc) is 2.40. The van der Waals surface area contributed by atoms with Gasteiger partial charge in [0.25, 0.3) is 0 Å². The van der Waals surface area contributed by atoms with Crippen LogP contribution in [0, 0.1) is 5.82 Å². The smallest absolute Gasteiger partial charge is 0.237 e. The lowest BCUT2D eigenvalue weighted by Gasteiger charge is -2.21. The first-order chi connectivity index (χ1) is 7.43. The number of hydrogen-bond donors (Lipinski definition) is 1. The number of rotatable bonds is 1. The van der Waals surface area contributed by atoms with Gasteiger partial charge in [0.1, 0.15) is 5.82 Å². The molecule has 0 saturated carbocycles. The van der Waals surface area contributed by atoms with Crippen molar-refractivity contribution in [3.05, 3.63) is 34.6 Å². The maximum Gasteiger partial charge on any atom is 0.237 e. The summed E-state index contributed by atoms with van der Waals surface area (Å²) in [6, 6.07) is 3.80. The van der Waals surface area contributed by atoms with Crippen molar-refractivity contribution in [3.8, 4) is 0 Å². The van der Waals surface area contributed by atoms with Crippen molar-refractivity contribution >= 4 is 23.4 Å². The molecule has 2 rings (SSSR count). The lowest BCUT2D eigenvalue weighted by molar-refractivity contribution is -0.126. The second kappa shape index (κ2) is 3.56. The zero-order chi connectivity index (χ0) is 11.9. The SMILES string of the molecule is CC1(c2ccc(F)cc2Cl)CC(=O)NC1=O. The number of amides is 2. The van der Waals surface area contributed by atoms with E-state index in [2.05, 4.69) is 5.32 Å². The van der Waals surface area contributed by atoms with Crippen LogP contribution in [-0.2, 0) is 15.0 Å². The summed E-state index contributed by atoms with van der Waals surface area (Å²) in [7, 11) is 0. The Labute approximate surface area is 96.6 Å². The number of halogens is 2. The fraction of sp³-hybridized carbons (Fsp3) is 0.273. The molecule has 0 bridgehead atoms. The average molecular weight is 242 g/mol. The molecule has 0 aromatic heterocycles. The van der Waals surface area contributed by atoms with Crippen LogP contribution in [0.2, 0.25) is 5.02 Å². The van der Waals surface area contributed by atoms with Crippen LogP contribution in [0.4, 0.5) is 4.39 Å². The molecule has 3 nitrogen and oxygen atoms in total. The lowest BCUT2D eigenvalue weighted by atomic mass is 9.81. The third kappa shape index (κ3) is 1.59. The quantitative estimate of drug-likeness (QED) is 0.762. The highest BCUT2D eigenvalue weighted by atomic mass is 35.5. The van der Waals surface area contributed by atoms with Crippen LogP contribution in [0.5, 0.6) is 0 Å². The minimum absolute atomic E-state index is 0.0389. The summed E-state index contributed by atoms with van der Waals surface area (Å²) in [6.07, 6.45) is 0.0389. The fourth-order valence-electron chi connectivity index (χ4n) is 1.86. The third-order valence-electron chi connectivity index (χ3n) is 2.79. The van der Waals surface area contributed by atoms with E-state index in [1.54, 1.807) is 6.92 Å². The maximum absolute atomic E-state index is 12.9. The summed E-state index contributed by atoms with van der Waals surface area (Å²) in [4.78, 5) is 22.8. The Bertz CT molecular complexity index is 489. The van der Waals surface area contributed by atoms with E-state index in [1.165, 1.54) is 12.1 Å². The summed E-state index contributed by atoms with van der Waals surface area (Å²) in [6.45, 7) is 1.62. The van der Waals surface area contributed by atoms with Crippen molar-refractivity contribution in [1.29, 1.82) is 0 Å². The first kappa shape index (κ1) is 11.1. The Kier molecular flexibility index (Phi) is 2.46. The van der Waals surface area contributed by atoms with E-state index < -0.39 is 17.1 Å². The molecule has 1 atom stereocenters. The topological polar surface area (TPSA) is 46.2 Å². The molecule has 1 aromatic carbocycles. The number of nitrogens with one attached hydrogen (secondary N) is 1.